The highest BCUT2D eigenvalue weighted by molar-refractivity contribution is 5.97. The van der Waals surface area contributed by atoms with Crippen molar-refractivity contribution in [3.63, 3.8) is 0 Å². The third-order valence-electron chi connectivity index (χ3n) is 3.97. The van der Waals surface area contributed by atoms with Crippen LogP contribution in [0.25, 0.3) is 0 Å². The van der Waals surface area contributed by atoms with Crippen molar-refractivity contribution in [3.8, 4) is 0 Å². The summed E-state index contributed by atoms with van der Waals surface area (Å²) in [6, 6.07) is 8.91. The molecule has 1 amide bonds. The van der Waals surface area contributed by atoms with E-state index < -0.39 is 17.9 Å². The van der Waals surface area contributed by atoms with Gasteiger partial charge in [-0.05, 0) is 24.8 Å². The summed E-state index contributed by atoms with van der Waals surface area (Å²) in [5, 5.41) is 16.1. The highest BCUT2D eigenvalue weighted by atomic mass is 16.4. The summed E-state index contributed by atoms with van der Waals surface area (Å²) in [6.07, 6.45) is 4.59. The number of aromatic nitrogens is 2. The summed E-state index contributed by atoms with van der Waals surface area (Å²) in [5.74, 6) is -1.46. The van der Waals surface area contributed by atoms with Crippen LogP contribution in [0.2, 0.25) is 0 Å². The van der Waals surface area contributed by atoms with Crippen molar-refractivity contribution in [2.24, 2.45) is 0 Å². The lowest BCUT2D eigenvalue weighted by atomic mass is 10.1. The topological polar surface area (TPSA) is 84.2 Å². The molecule has 0 fully saturated rings. The molecular formula is C19H23N3O3. The molecule has 1 atom stereocenters. The summed E-state index contributed by atoms with van der Waals surface area (Å²) in [5.41, 5.74) is 2.29. The van der Waals surface area contributed by atoms with Gasteiger partial charge in [0, 0.05) is 0 Å². The first-order chi connectivity index (χ1) is 12.1. The molecule has 1 unspecified atom stereocenters. The highest BCUT2D eigenvalue weighted by Crippen LogP contribution is 2.13. The Labute approximate surface area is 147 Å². The first kappa shape index (κ1) is 18.4. The van der Waals surface area contributed by atoms with Crippen LogP contribution >= 0.6 is 0 Å². The predicted octanol–water partition coefficient (Wildman–Crippen LogP) is 2.64. The maximum Gasteiger partial charge on any atom is 0.326 e. The lowest BCUT2D eigenvalue weighted by molar-refractivity contribution is -0.139. The van der Waals surface area contributed by atoms with Crippen LogP contribution in [-0.2, 0) is 17.8 Å². The van der Waals surface area contributed by atoms with Crippen molar-refractivity contribution in [1.82, 2.24) is 15.1 Å². The first-order valence-electron chi connectivity index (χ1n) is 8.30. The van der Waals surface area contributed by atoms with Gasteiger partial charge < -0.3 is 10.4 Å². The number of nitrogens with zero attached hydrogens (tertiary/aromatic N) is 2. The first-order valence-corrected chi connectivity index (χ1v) is 8.30. The van der Waals surface area contributed by atoms with E-state index >= 15 is 0 Å². The number of benzene rings is 1. The lowest BCUT2D eigenvalue weighted by Gasteiger charge is -2.14. The predicted molar refractivity (Wildman–Crippen MR) is 95.5 cm³/mol. The van der Waals surface area contributed by atoms with Crippen LogP contribution in [0.15, 0.2) is 49.2 Å². The Morgan fingerprint density at radius 2 is 2.08 bits per heavy atom. The molecule has 0 aliphatic heterocycles. The van der Waals surface area contributed by atoms with Crippen molar-refractivity contribution in [2.75, 3.05) is 0 Å². The molecule has 0 radical (unpaired) electrons. The van der Waals surface area contributed by atoms with Crippen LogP contribution < -0.4 is 5.32 Å². The quantitative estimate of drug-likeness (QED) is 0.687. The Morgan fingerprint density at radius 1 is 1.36 bits per heavy atom. The normalized spacial score (nSPS) is 11.7. The SMILES string of the molecule is C=CCCC(NC(=O)c1cnn(Cc2ccccc2)c1CC)C(=O)O. The van der Waals surface area contributed by atoms with Gasteiger partial charge >= 0.3 is 5.97 Å². The molecule has 6 nitrogen and oxygen atoms in total. The van der Waals surface area contributed by atoms with Gasteiger partial charge in [-0.2, -0.15) is 5.10 Å². The van der Waals surface area contributed by atoms with Crippen molar-refractivity contribution >= 4 is 11.9 Å². The maximum atomic E-state index is 12.5. The van der Waals surface area contributed by atoms with Crippen molar-refractivity contribution in [1.29, 1.82) is 0 Å². The van der Waals surface area contributed by atoms with Gasteiger partial charge in [0.25, 0.3) is 5.91 Å². The van der Waals surface area contributed by atoms with Gasteiger partial charge in [0.15, 0.2) is 0 Å². The largest absolute Gasteiger partial charge is 0.480 e. The molecular weight excluding hydrogens is 318 g/mol. The van der Waals surface area contributed by atoms with Gasteiger partial charge in [0.05, 0.1) is 24.0 Å². The van der Waals surface area contributed by atoms with Gasteiger partial charge in [-0.15, -0.1) is 6.58 Å². The number of allylic oxidation sites excluding steroid dienone is 1. The van der Waals surface area contributed by atoms with E-state index in [0.29, 0.717) is 31.4 Å². The van der Waals surface area contributed by atoms with E-state index in [4.69, 9.17) is 0 Å². The second kappa shape index (κ2) is 8.82. The number of rotatable bonds is 9. The van der Waals surface area contributed by atoms with Gasteiger partial charge in [-0.3, -0.25) is 9.48 Å². The summed E-state index contributed by atoms with van der Waals surface area (Å²) in [7, 11) is 0. The standard InChI is InChI=1S/C19H23N3O3/c1-3-5-11-16(19(24)25)21-18(23)15-12-20-22(17(15)4-2)13-14-9-7-6-8-10-14/h3,6-10,12,16H,1,4-5,11,13H2,2H3,(H,21,23)(H,24,25). The summed E-state index contributed by atoms with van der Waals surface area (Å²) < 4.78 is 1.78. The number of carbonyl (C=O) groups excluding carboxylic acids is 1. The monoisotopic (exact) mass is 341 g/mol. The number of hydrogen-bond donors (Lipinski definition) is 2. The van der Waals surface area contributed by atoms with E-state index in [-0.39, 0.29) is 0 Å². The third-order valence-corrected chi connectivity index (χ3v) is 3.97. The van der Waals surface area contributed by atoms with E-state index in [1.54, 1.807) is 10.8 Å². The van der Waals surface area contributed by atoms with Crippen LogP contribution in [-0.4, -0.2) is 32.8 Å². The zero-order chi connectivity index (χ0) is 18.2. The zero-order valence-corrected chi connectivity index (χ0v) is 14.3. The van der Waals surface area contributed by atoms with Crippen LogP contribution in [0.5, 0.6) is 0 Å². The lowest BCUT2D eigenvalue weighted by Crippen LogP contribution is -2.40. The molecule has 0 spiro atoms. The molecule has 0 aliphatic rings. The highest BCUT2D eigenvalue weighted by Gasteiger charge is 2.23. The minimum absolute atomic E-state index is 0.310. The third kappa shape index (κ3) is 4.79. The Hall–Kier alpha value is -2.89. The molecule has 1 aromatic heterocycles. The van der Waals surface area contributed by atoms with Gasteiger partial charge in [0.1, 0.15) is 6.04 Å². The molecule has 25 heavy (non-hydrogen) atoms. The minimum Gasteiger partial charge on any atom is -0.480 e. The second-order valence-electron chi connectivity index (χ2n) is 5.73. The summed E-state index contributed by atoms with van der Waals surface area (Å²) >= 11 is 0. The Bertz CT molecular complexity index is 738. The number of aliphatic carboxylic acids is 1. The number of carboxylic acids is 1. The van der Waals surface area contributed by atoms with Crippen molar-refractivity contribution < 1.29 is 14.7 Å². The van der Waals surface area contributed by atoms with Crippen molar-refractivity contribution in [2.45, 2.75) is 38.8 Å². The Balaban J connectivity index is 2.16. The van der Waals surface area contributed by atoms with E-state index in [9.17, 15) is 14.7 Å². The Kier molecular flexibility index (Phi) is 6.51. The molecule has 6 heteroatoms. The Morgan fingerprint density at radius 3 is 2.68 bits per heavy atom. The van der Waals surface area contributed by atoms with Crippen molar-refractivity contribution in [3.05, 3.63) is 66.0 Å². The van der Waals surface area contributed by atoms with Gasteiger partial charge in [-0.1, -0.05) is 43.3 Å². The molecule has 0 saturated heterocycles. The minimum atomic E-state index is -1.05. The number of carboxylic acid groups (broad SMARTS) is 1. The van der Waals surface area contributed by atoms with E-state index in [1.807, 2.05) is 37.3 Å². The maximum absolute atomic E-state index is 12.5. The molecule has 2 aromatic rings. The molecule has 0 aliphatic carbocycles. The summed E-state index contributed by atoms with van der Waals surface area (Å²) in [6.45, 7) is 6.09. The van der Waals surface area contributed by atoms with Crippen LogP contribution in [0.4, 0.5) is 0 Å². The van der Waals surface area contributed by atoms with Gasteiger partial charge in [-0.25, -0.2) is 4.79 Å². The second-order valence-corrected chi connectivity index (χ2v) is 5.73. The van der Waals surface area contributed by atoms with E-state index in [0.717, 1.165) is 11.3 Å². The molecule has 1 heterocycles. The van der Waals surface area contributed by atoms with Crippen LogP contribution in [0, 0.1) is 0 Å². The molecule has 1 aromatic carbocycles. The van der Waals surface area contributed by atoms with Gasteiger partial charge in [0.2, 0.25) is 0 Å². The molecule has 2 rings (SSSR count). The smallest absolute Gasteiger partial charge is 0.326 e. The fraction of sp³-hybridized carbons (Fsp3) is 0.316. The molecule has 0 saturated carbocycles. The zero-order valence-electron chi connectivity index (χ0n) is 14.3. The number of amides is 1. The van der Waals surface area contributed by atoms with Crippen LogP contribution in [0.3, 0.4) is 0 Å². The average molecular weight is 341 g/mol. The average Bonchev–Trinajstić information content (AvgIpc) is 3.01. The van der Waals surface area contributed by atoms with E-state index in [1.165, 1.54) is 6.20 Å². The fourth-order valence-electron chi connectivity index (χ4n) is 2.64. The number of nitrogens with one attached hydrogen (secondary N) is 1. The molecule has 0 bridgehead atoms. The number of hydrogen-bond acceptors (Lipinski definition) is 3. The fourth-order valence-corrected chi connectivity index (χ4v) is 2.64. The van der Waals surface area contributed by atoms with E-state index in [2.05, 4.69) is 17.0 Å². The molecule has 2 N–H and O–H groups in total. The summed E-state index contributed by atoms with van der Waals surface area (Å²) in [4.78, 5) is 23.8. The molecule has 132 valence electrons. The van der Waals surface area contributed by atoms with Crippen LogP contribution in [0.1, 0.15) is 41.4 Å². The number of carbonyl (C=O) groups is 2.